The Kier molecular flexibility index (Phi) is 11.1. The molecule has 0 rings (SSSR count). The quantitative estimate of drug-likeness (QED) is 0.157. The Morgan fingerprint density at radius 3 is 2.04 bits per heavy atom. The molecule has 0 aromatic heterocycles. The van der Waals surface area contributed by atoms with Crippen molar-refractivity contribution in [2.24, 2.45) is 11.8 Å². The Hall–Kier alpha value is -1.63. The van der Waals surface area contributed by atoms with Crippen LogP contribution in [0.1, 0.15) is 47.0 Å². The first-order valence-corrected chi connectivity index (χ1v) is 12.7. The summed E-state index contributed by atoms with van der Waals surface area (Å²) in [5.74, 6) is -1.31. The predicted octanol–water partition coefficient (Wildman–Crippen LogP) is 3.86. The van der Waals surface area contributed by atoms with E-state index in [4.69, 9.17) is 13.9 Å². The van der Waals surface area contributed by atoms with Crippen LogP contribution in [0.4, 0.5) is 0 Å². The molecule has 2 unspecified atom stereocenters. The number of hydrogen-bond acceptors (Lipinski definition) is 6. The Morgan fingerprint density at radius 2 is 1.58 bits per heavy atom. The van der Waals surface area contributed by atoms with Crippen LogP contribution in [0.2, 0.25) is 19.6 Å². The predicted molar refractivity (Wildman–Crippen MR) is 103 cm³/mol. The number of carbonyl (C=O) groups excluding carboxylic acids is 3. The lowest BCUT2D eigenvalue weighted by molar-refractivity contribution is -0.146. The second-order valence-corrected chi connectivity index (χ2v) is 11.6. The fourth-order valence-electron chi connectivity index (χ4n) is 2.37. The topological polar surface area (TPSA) is 78.9 Å². The summed E-state index contributed by atoms with van der Waals surface area (Å²) in [7, 11) is -1.89. The first kappa shape index (κ1) is 24.4. The largest absolute Gasteiger partial charge is 0.520 e. The van der Waals surface area contributed by atoms with Crippen molar-refractivity contribution in [2.75, 3.05) is 13.2 Å². The van der Waals surface area contributed by atoms with Gasteiger partial charge in [-0.1, -0.05) is 13.8 Å². The number of hydrogen-bond donors (Lipinski definition) is 0. The van der Waals surface area contributed by atoms with Gasteiger partial charge in [0.05, 0.1) is 19.3 Å². The molecule has 0 bridgehead atoms. The van der Waals surface area contributed by atoms with Crippen LogP contribution in [0.25, 0.3) is 0 Å². The van der Waals surface area contributed by atoms with Crippen molar-refractivity contribution >= 4 is 25.9 Å². The molecule has 0 aliphatic heterocycles. The van der Waals surface area contributed by atoms with Crippen LogP contribution in [0.3, 0.4) is 0 Å². The molecule has 0 radical (unpaired) electrons. The first-order valence-electron chi connectivity index (χ1n) is 9.29. The average Bonchev–Trinajstić information content (AvgIpc) is 2.50. The number of ketones is 2. The van der Waals surface area contributed by atoms with E-state index < -0.39 is 14.3 Å². The van der Waals surface area contributed by atoms with Crippen LogP contribution in [0.5, 0.6) is 0 Å². The number of allylic oxidation sites excluding steroid dienone is 1. The van der Waals surface area contributed by atoms with E-state index in [0.29, 0.717) is 19.4 Å². The summed E-state index contributed by atoms with van der Waals surface area (Å²) in [6.07, 6.45) is 2.10. The molecular weight excluding hydrogens is 352 g/mol. The van der Waals surface area contributed by atoms with Crippen molar-refractivity contribution in [3.05, 3.63) is 12.0 Å². The molecule has 0 aromatic rings. The fourth-order valence-corrected chi connectivity index (χ4v) is 3.09. The third-order valence-electron chi connectivity index (χ3n) is 3.65. The second kappa shape index (κ2) is 11.9. The normalized spacial score (nSPS) is 14.3. The molecule has 7 heteroatoms. The molecule has 0 spiro atoms. The number of Topliss-reactive ketones (excluding diaryl/α,β-unsaturated/α-hetero) is 1. The summed E-state index contributed by atoms with van der Waals surface area (Å²) >= 11 is 0. The monoisotopic (exact) mass is 386 g/mol. The van der Waals surface area contributed by atoms with E-state index in [9.17, 15) is 14.4 Å². The van der Waals surface area contributed by atoms with Crippen molar-refractivity contribution < 1.29 is 28.3 Å². The van der Waals surface area contributed by atoms with Crippen molar-refractivity contribution in [3.8, 4) is 0 Å². The second-order valence-electron chi connectivity index (χ2n) is 7.20. The summed E-state index contributed by atoms with van der Waals surface area (Å²) < 4.78 is 16.0. The highest BCUT2D eigenvalue weighted by Crippen LogP contribution is 2.21. The highest BCUT2D eigenvalue weighted by molar-refractivity contribution is 6.70. The van der Waals surface area contributed by atoms with E-state index in [-0.39, 0.29) is 42.4 Å². The average molecular weight is 387 g/mol. The van der Waals surface area contributed by atoms with Gasteiger partial charge in [0.1, 0.15) is 12.2 Å². The minimum Gasteiger partial charge on any atom is -0.520 e. The van der Waals surface area contributed by atoms with Gasteiger partial charge in [-0.05, 0) is 46.3 Å². The molecule has 0 saturated carbocycles. The van der Waals surface area contributed by atoms with Gasteiger partial charge in [0.15, 0.2) is 5.78 Å². The van der Waals surface area contributed by atoms with Gasteiger partial charge in [-0.2, -0.15) is 0 Å². The molecule has 6 nitrogen and oxygen atoms in total. The van der Waals surface area contributed by atoms with E-state index in [0.717, 1.165) is 0 Å². The molecule has 0 fully saturated rings. The van der Waals surface area contributed by atoms with Crippen LogP contribution in [0.15, 0.2) is 12.0 Å². The lowest BCUT2D eigenvalue weighted by Crippen LogP contribution is -2.27. The molecule has 0 saturated heterocycles. The zero-order valence-electron chi connectivity index (χ0n) is 17.2. The lowest BCUT2D eigenvalue weighted by atomic mass is 9.87. The zero-order chi connectivity index (χ0) is 20.3. The van der Waals surface area contributed by atoms with Crippen molar-refractivity contribution in [3.63, 3.8) is 0 Å². The van der Waals surface area contributed by atoms with Gasteiger partial charge in [0.25, 0.3) is 5.95 Å². The van der Waals surface area contributed by atoms with Crippen LogP contribution in [-0.2, 0) is 28.3 Å². The molecular formula is C19H34O6Si. The van der Waals surface area contributed by atoms with Crippen molar-refractivity contribution in [2.45, 2.75) is 66.6 Å². The third-order valence-corrected chi connectivity index (χ3v) is 4.46. The SMILES string of the molecule is CCOC(=O)CC(=O)C(CC)CC(C)C(=O)C=C(OCC)O[Si](C)(C)C. The smallest absolute Gasteiger partial charge is 0.313 e. The van der Waals surface area contributed by atoms with Crippen LogP contribution >= 0.6 is 0 Å². The zero-order valence-corrected chi connectivity index (χ0v) is 18.2. The molecule has 0 heterocycles. The molecule has 0 amide bonds. The van der Waals surface area contributed by atoms with Gasteiger partial charge in [0.2, 0.25) is 8.32 Å². The maximum Gasteiger partial charge on any atom is 0.313 e. The van der Waals surface area contributed by atoms with E-state index in [1.165, 1.54) is 6.08 Å². The van der Waals surface area contributed by atoms with E-state index in [2.05, 4.69) is 0 Å². The number of esters is 1. The molecule has 150 valence electrons. The maximum absolute atomic E-state index is 12.5. The van der Waals surface area contributed by atoms with Crippen LogP contribution in [0, 0.1) is 11.8 Å². The fraction of sp³-hybridized carbons (Fsp3) is 0.737. The van der Waals surface area contributed by atoms with E-state index >= 15 is 0 Å². The third kappa shape index (κ3) is 10.4. The summed E-state index contributed by atoms with van der Waals surface area (Å²) in [5, 5.41) is 0. The minimum atomic E-state index is -1.89. The number of carbonyl (C=O) groups is 3. The molecule has 0 aliphatic carbocycles. The first-order chi connectivity index (χ1) is 12.0. The standard InChI is InChI=1S/C19H34O6Si/c1-8-15(17(21)12-18(22)23-9-2)11-14(4)16(20)13-19(24-10-3)25-26(5,6)7/h13-15H,8-12H2,1-7H3. The number of rotatable bonds is 13. The minimum absolute atomic E-state index is 0.144. The highest BCUT2D eigenvalue weighted by atomic mass is 28.4. The Labute approximate surface area is 158 Å². The highest BCUT2D eigenvalue weighted by Gasteiger charge is 2.26. The Bertz CT molecular complexity index is 507. The van der Waals surface area contributed by atoms with Crippen LogP contribution in [-0.4, -0.2) is 39.1 Å². The van der Waals surface area contributed by atoms with Gasteiger partial charge in [-0.25, -0.2) is 0 Å². The van der Waals surface area contributed by atoms with Gasteiger partial charge in [-0.3, -0.25) is 14.4 Å². The van der Waals surface area contributed by atoms with E-state index in [1.807, 2.05) is 33.5 Å². The summed E-state index contributed by atoms with van der Waals surface area (Å²) in [4.78, 5) is 36.2. The number of ether oxygens (including phenoxy) is 2. The lowest BCUT2D eigenvalue weighted by Gasteiger charge is -2.22. The molecule has 0 aromatic carbocycles. The molecule has 26 heavy (non-hydrogen) atoms. The maximum atomic E-state index is 12.5. The molecule has 0 N–H and O–H groups in total. The summed E-state index contributed by atoms with van der Waals surface area (Å²) in [5.41, 5.74) is 0. The van der Waals surface area contributed by atoms with Gasteiger partial charge in [-0.15, -0.1) is 0 Å². The van der Waals surface area contributed by atoms with Crippen LogP contribution < -0.4 is 0 Å². The van der Waals surface area contributed by atoms with Gasteiger partial charge < -0.3 is 13.9 Å². The summed E-state index contributed by atoms with van der Waals surface area (Å²) in [6.45, 7) is 13.9. The molecule has 2 atom stereocenters. The van der Waals surface area contributed by atoms with Crippen molar-refractivity contribution in [1.29, 1.82) is 0 Å². The Balaban J connectivity index is 4.94. The Morgan fingerprint density at radius 1 is 1.00 bits per heavy atom. The summed E-state index contributed by atoms with van der Waals surface area (Å²) in [6, 6.07) is 0. The van der Waals surface area contributed by atoms with Gasteiger partial charge >= 0.3 is 5.97 Å². The van der Waals surface area contributed by atoms with E-state index in [1.54, 1.807) is 13.8 Å². The van der Waals surface area contributed by atoms with Crippen molar-refractivity contribution in [1.82, 2.24) is 0 Å². The molecule has 0 aliphatic rings. The van der Waals surface area contributed by atoms with Gasteiger partial charge in [0, 0.05) is 11.8 Å².